The van der Waals surface area contributed by atoms with Crippen molar-refractivity contribution in [1.29, 1.82) is 0 Å². The molecule has 6 heteroatoms. The molecule has 1 unspecified atom stereocenters. The lowest BCUT2D eigenvalue weighted by Crippen LogP contribution is -2.58. The number of carboxylic acid groups (broad SMARTS) is 1. The van der Waals surface area contributed by atoms with Crippen molar-refractivity contribution < 1.29 is 14.7 Å². The predicted molar refractivity (Wildman–Crippen MR) is 89.4 cm³/mol. The maximum absolute atomic E-state index is 12.4. The third-order valence-electron chi connectivity index (χ3n) is 5.62. The molecule has 1 aliphatic heterocycles. The highest BCUT2D eigenvalue weighted by molar-refractivity contribution is 5.75. The van der Waals surface area contributed by atoms with Gasteiger partial charge in [0.15, 0.2) is 0 Å². The predicted octanol–water partition coefficient (Wildman–Crippen LogP) is 2.15. The summed E-state index contributed by atoms with van der Waals surface area (Å²) in [6.07, 6.45) is 5.08. The molecule has 1 atom stereocenters. The number of aliphatic carboxylic acids is 1. The van der Waals surface area contributed by atoms with E-state index in [1.54, 1.807) is 0 Å². The van der Waals surface area contributed by atoms with Crippen molar-refractivity contribution in [2.24, 2.45) is 5.41 Å². The van der Waals surface area contributed by atoms with E-state index in [-0.39, 0.29) is 30.1 Å². The van der Waals surface area contributed by atoms with E-state index in [1.165, 1.54) is 6.42 Å². The first-order valence-corrected chi connectivity index (χ1v) is 8.88. The van der Waals surface area contributed by atoms with E-state index in [0.717, 1.165) is 45.3 Å². The van der Waals surface area contributed by atoms with E-state index in [1.807, 2.05) is 16.7 Å². The van der Waals surface area contributed by atoms with E-state index >= 15 is 0 Å². The molecular formula is C17H31N3O3. The highest BCUT2D eigenvalue weighted by atomic mass is 16.4. The zero-order valence-electron chi connectivity index (χ0n) is 14.7. The van der Waals surface area contributed by atoms with Gasteiger partial charge in [-0.25, -0.2) is 4.79 Å². The van der Waals surface area contributed by atoms with Crippen LogP contribution in [0.4, 0.5) is 4.79 Å². The lowest BCUT2D eigenvalue weighted by molar-refractivity contribution is -0.139. The summed E-state index contributed by atoms with van der Waals surface area (Å²) in [5, 5.41) is 12.0. The molecule has 1 heterocycles. The number of amides is 2. The second kappa shape index (κ2) is 7.51. The smallest absolute Gasteiger partial charge is 0.317 e. The van der Waals surface area contributed by atoms with Gasteiger partial charge in [-0.3, -0.25) is 9.69 Å². The summed E-state index contributed by atoms with van der Waals surface area (Å²) in [6.45, 7) is 8.94. The molecule has 6 nitrogen and oxygen atoms in total. The van der Waals surface area contributed by atoms with Crippen molar-refractivity contribution >= 4 is 12.0 Å². The molecule has 1 saturated carbocycles. The van der Waals surface area contributed by atoms with Gasteiger partial charge in [-0.05, 0) is 44.1 Å². The fourth-order valence-electron chi connectivity index (χ4n) is 3.72. The first-order valence-electron chi connectivity index (χ1n) is 8.88. The zero-order chi connectivity index (χ0) is 17.0. The molecule has 132 valence electrons. The van der Waals surface area contributed by atoms with Crippen LogP contribution in [0.25, 0.3) is 0 Å². The van der Waals surface area contributed by atoms with Gasteiger partial charge in [-0.15, -0.1) is 0 Å². The van der Waals surface area contributed by atoms with Gasteiger partial charge in [0, 0.05) is 25.2 Å². The quantitative estimate of drug-likeness (QED) is 0.785. The number of hydrogen-bond acceptors (Lipinski definition) is 3. The van der Waals surface area contributed by atoms with Crippen LogP contribution in [0, 0.1) is 5.41 Å². The summed E-state index contributed by atoms with van der Waals surface area (Å²) >= 11 is 0. The molecule has 2 amide bonds. The average Bonchev–Trinajstić information content (AvgIpc) is 2.48. The Labute approximate surface area is 139 Å². The molecule has 0 aromatic rings. The summed E-state index contributed by atoms with van der Waals surface area (Å²) in [5.41, 5.74) is 0.248. The number of piperidine rings is 1. The molecule has 0 radical (unpaired) electrons. The van der Waals surface area contributed by atoms with Gasteiger partial charge >= 0.3 is 12.0 Å². The lowest BCUT2D eigenvalue weighted by Gasteiger charge is -2.44. The number of hydrogen-bond donors (Lipinski definition) is 2. The number of likely N-dealkylation sites (tertiary alicyclic amines) is 1. The number of urea groups is 1. The third-order valence-corrected chi connectivity index (χ3v) is 5.62. The van der Waals surface area contributed by atoms with Gasteiger partial charge in [0.2, 0.25) is 0 Å². The summed E-state index contributed by atoms with van der Waals surface area (Å²) in [7, 11) is 0. The first kappa shape index (κ1) is 18.0. The molecule has 1 saturated heterocycles. The molecular weight excluding hydrogens is 294 g/mol. The van der Waals surface area contributed by atoms with Crippen molar-refractivity contribution in [3.8, 4) is 0 Å². The molecule has 2 N–H and O–H groups in total. The lowest BCUT2D eigenvalue weighted by atomic mass is 9.80. The van der Waals surface area contributed by atoms with Crippen LogP contribution in [0.3, 0.4) is 0 Å². The molecule has 0 bridgehead atoms. The van der Waals surface area contributed by atoms with E-state index in [9.17, 15) is 9.59 Å². The minimum Gasteiger partial charge on any atom is -0.480 e. The van der Waals surface area contributed by atoms with Gasteiger partial charge in [0.05, 0.1) is 6.54 Å². The molecule has 2 aliphatic rings. The van der Waals surface area contributed by atoms with Crippen LogP contribution < -0.4 is 5.32 Å². The summed E-state index contributed by atoms with van der Waals surface area (Å²) in [4.78, 5) is 27.2. The Bertz CT molecular complexity index is 437. The van der Waals surface area contributed by atoms with Gasteiger partial charge in [-0.2, -0.15) is 0 Å². The Morgan fingerprint density at radius 3 is 2.61 bits per heavy atom. The number of nitrogens with zero attached hydrogens (tertiary/aromatic N) is 2. The number of likely N-dealkylation sites (N-methyl/N-ethyl adjacent to an activating group) is 1. The van der Waals surface area contributed by atoms with Crippen molar-refractivity contribution in [3.05, 3.63) is 0 Å². The van der Waals surface area contributed by atoms with Crippen LogP contribution in [0.15, 0.2) is 0 Å². The molecule has 0 aromatic carbocycles. The van der Waals surface area contributed by atoms with Crippen molar-refractivity contribution in [3.63, 3.8) is 0 Å². The van der Waals surface area contributed by atoms with Crippen molar-refractivity contribution in [1.82, 2.24) is 15.1 Å². The normalized spacial score (nSPS) is 30.9. The fraction of sp³-hybridized carbons (Fsp3) is 0.882. The molecule has 0 aromatic heterocycles. The highest BCUT2D eigenvalue weighted by Gasteiger charge is 2.37. The number of nitrogens with one attached hydrogen (secondary N) is 1. The Balaban J connectivity index is 1.76. The summed E-state index contributed by atoms with van der Waals surface area (Å²) in [5.74, 6) is -0.786. The second-order valence-corrected chi connectivity index (χ2v) is 7.42. The first-order chi connectivity index (χ1) is 10.9. The second-order valence-electron chi connectivity index (χ2n) is 7.42. The zero-order valence-corrected chi connectivity index (χ0v) is 14.7. The number of rotatable bonds is 6. The summed E-state index contributed by atoms with van der Waals surface area (Å²) < 4.78 is 0. The minimum atomic E-state index is -0.786. The molecule has 1 aliphatic carbocycles. The molecule has 2 fully saturated rings. The van der Waals surface area contributed by atoms with Crippen LogP contribution in [0.5, 0.6) is 0 Å². The average molecular weight is 325 g/mol. The summed E-state index contributed by atoms with van der Waals surface area (Å²) in [6, 6.07) is 0.517. The largest absolute Gasteiger partial charge is 0.480 e. The number of carbonyl (C=O) groups is 2. The highest BCUT2D eigenvalue weighted by Crippen LogP contribution is 2.33. The number of carbonyl (C=O) groups excluding carboxylic acids is 1. The van der Waals surface area contributed by atoms with E-state index in [0.29, 0.717) is 0 Å². The maximum atomic E-state index is 12.4. The Morgan fingerprint density at radius 2 is 2.04 bits per heavy atom. The topological polar surface area (TPSA) is 72.9 Å². The van der Waals surface area contributed by atoms with E-state index in [2.05, 4.69) is 19.2 Å². The fourth-order valence-corrected chi connectivity index (χ4v) is 3.72. The van der Waals surface area contributed by atoms with Crippen LogP contribution in [0.1, 0.15) is 52.9 Å². The number of carboxylic acids is 1. The Hall–Kier alpha value is -1.30. The van der Waals surface area contributed by atoms with Gasteiger partial charge in [0.25, 0.3) is 0 Å². The maximum Gasteiger partial charge on any atom is 0.317 e. The SMILES string of the molecule is CCN(CC(=O)O)C1CC(NC(=O)N2CCCC(C)(CC)C2)C1. The van der Waals surface area contributed by atoms with Crippen LogP contribution in [0.2, 0.25) is 0 Å². The molecule has 0 spiro atoms. The van der Waals surface area contributed by atoms with Gasteiger partial charge in [0.1, 0.15) is 0 Å². The molecule has 2 rings (SSSR count). The third kappa shape index (κ3) is 4.59. The Kier molecular flexibility index (Phi) is 5.89. The monoisotopic (exact) mass is 325 g/mol. The van der Waals surface area contributed by atoms with Crippen LogP contribution >= 0.6 is 0 Å². The van der Waals surface area contributed by atoms with Gasteiger partial charge < -0.3 is 15.3 Å². The van der Waals surface area contributed by atoms with Gasteiger partial charge in [-0.1, -0.05) is 20.8 Å². The standard InChI is InChI=1S/C17H31N3O3/c1-4-17(3)7-6-8-20(12-17)16(23)18-13-9-14(10-13)19(5-2)11-15(21)22/h13-14H,4-12H2,1-3H3,(H,18,23)(H,21,22). The van der Waals surface area contributed by atoms with Crippen molar-refractivity contribution in [2.75, 3.05) is 26.2 Å². The van der Waals surface area contributed by atoms with Crippen LogP contribution in [-0.2, 0) is 4.79 Å². The van der Waals surface area contributed by atoms with E-state index < -0.39 is 5.97 Å². The van der Waals surface area contributed by atoms with E-state index in [4.69, 9.17) is 5.11 Å². The minimum absolute atomic E-state index is 0.0501. The van der Waals surface area contributed by atoms with Crippen molar-refractivity contribution in [2.45, 2.75) is 65.0 Å². The van der Waals surface area contributed by atoms with Crippen LogP contribution in [-0.4, -0.2) is 65.2 Å². The molecule has 23 heavy (non-hydrogen) atoms. The Morgan fingerprint density at radius 1 is 1.35 bits per heavy atom.